The van der Waals surface area contributed by atoms with Crippen molar-refractivity contribution in [2.75, 3.05) is 13.2 Å². The van der Waals surface area contributed by atoms with Crippen LogP contribution in [0.3, 0.4) is 0 Å². The molecule has 6 heteroatoms. The molecule has 0 aromatic carbocycles. The van der Waals surface area contributed by atoms with Crippen LogP contribution >= 0.6 is 0 Å². The summed E-state index contributed by atoms with van der Waals surface area (Å²) in [5.41, 5.74) is -0.452. The zero-order valence-corrected chi connectivity index (χ0v) is 10.3. The van der Waals surface area contributed by atoms with E-state index in [-0.39, 0.29) is 19.6 Å². The van der Waals surface area contributed by atoms with Gasteiger partial charge < -0.3 is 19.8 Å². The van der Waals surface area contributed by atoms with Gasteiger partial charge in [0.1, 0.15) is 12.6 Å². The van der Waals surface area contributed by atoms with Crippen molar-refractivity contribution < 1.29 is 24.5 Å². The Kier molecular flexibility index (Phi) is 4.11. The first-order valence-electron chi connectivity index (χ1n) is 5.55. The van der Waals surface area contributed by atoms with Crippen LogP contribution in [0.2, 0.25) is 0 Å². The number of β-amino-alcohol motifs (C(OH)–C–C–N with tert-alkyl or cyclic N) is 1. The minimum Gasteiger partial charge on any atom is -0.480 e. The van der Waals surface area contributed by atoms with Gasteiger partial charge in [-0.05, 0) is 20.8 Å². The van der Waals surface area contributed by atoms with E-state index in [2.05, 4.69) is 0 Å². The van der Waals surface area contributed by atoms with Crippen LogP contribution in [0, 0.1) is 0 Å². The Bertz CT molecular complexity index is 309. The van der Waals surface area contributed by atoms with Crippen LogP contribution in [-0.2, 0) is 14.3 Å². The van der Waals surface area contributed by atoms with E-state index in [9.17, 15) is 14.7 Å². The van der Waals surface area contributed by atoms with Gasteiger partial charge >= 0.3 is 5.97 Å². The fourth-order valence-corrected chi connectivity index (χ4v) is 1.68. The van der Waals surface area contributed by atoms with Gasteiger partial charge in [-0.15, -0.1) is 0 Å². The highest BCUT2D eigenvalue weighted by atomic mass is 16.5. The molecule has 1 rings (SSSR count). The highest BCUT2D eigenvalue weighted by Crippen LogP contribution is 2.19. The second-order valence-corrected chi connectivity index (χ2v) is 5.19. The number of hydrogen-bond donors (Lipinski definition) is 2. The van der Waals surface area contributed by atoms with Crippen LogP contribution in [0.15, 0.2) is 0 Å². The van der Waals surface area contributed by atoms with Crippen LogP contribution in [0.25, 0.3) is 0 Å². The van der Waals surface area contributed by atoms with Crippen molar-refractivity contribution in [1.29, 1.82) is 0 Å². The first-order chi connectivity index (χ1) is 7.70. The lowest BCUT2D eigenvalue weighted by molar-refractivity contribution is -0.152. The Morgan fingerprint density at radius 2 is 2.00 bits per heavy atom. The number of hydrogen-bond acceptors (Lipinski definition) is 4. The molecule has 0 saturated carbocycles. The number of carboxylic acids is 1. The molecule has 1 heterocycles. The summed E-state index contributed by atoms with van der Waals surface area (Å²) in [5.74, 6) is -1.49. The van der Waals surface area contributed by atoms with Gasteiger partial charge in [0.05, 0.1) is 11.7 Å². The normalized spacial score (nSPS) is 25.1. The Labute approximate surface area is 100 Å². The van der Waals surface area contributed by atoms with Crippen molar-refractivity contribution in [3.8, 4) is 0 Å². The summed E-state index contributed by atoms with van der Waals surface area (Å²) in [6, 6.07) is -0.943. The average molecular weight is 245 g/mol. The average Bonchev–Trinajstić information content (AvgIpc) is 2.55. The molecule has 0 bridgehead atoms. The van der Waals surface area contributed by atoms with Crippen molar-refractivity contribution in [2.24, 2.45) is 0 Å². The summed E-state index contributed by atoms with van der Waals surface area (Å²) in [6.07, 6.45) is -0.689. The highest BCUT2D eigenvalue weighted by Gasteiger charge is 2.38. The van der Waals surface area contributed by atoms with E-state index in [0.717, 1.165) is 0 Å². The summed E-state index contributed by atoms with van der Waals surface area (Å²) in [7, 11) is 0. The number of aliphatic carboxylic acids is 1. The summed E-state index contributed by atoms with van der Waals surface area (Å²) < 4.78 is 5.30. The van der Waals surface area contributed by atoms with Gasteiger partial charge in [-0.2, -0.15) is 0 Å². The van der Waals surface area contributed by atoms with E-state index in [1.807, 2.05) is 20.8 Å². The molecular weight excluding hydrogens is 226 g/mol. The van der Waals surface area contributed by atoms with Crippen molar-refractivity contribution in [1.82, 2.24) is 4.90 Å². The third kappa shape index (κ3) is 3.98. The molecule has 1 aliphatic rings. The fourth-order valence-electron chi connectivity index (χ4n) is 1.68. The lowest BCUT2D eigenvalue weighted by Crippen LogP contribution is -2.43. The summed E-state index contributed by atoms with van der Waals surface area (Å²) in [4.78, 5) is 23.9. The number of ether oxygens (including phenoxy) is 1. The molecule has 1 aliphatic heterocycles. The van der Waals surface area contributed by atoms with Crippen LogP contribution in [0.5, 0.6) is 0 Å². The fraction of sp³-hybridized carbons (Fsp3) is 0.818. The van der Waals surface area contributed by atoms with Gasteiger partial charge in [0, 0.05) is 13.0 Å². The zero-order chi connectivity index (χ0) is 13.2. The smallest absolute Gasteiger partial charge is 0.326 e. The van der Waals surface area contributed by atoms with E-state index in [1.54, 1.807) is 0 Å². The third-order valence-electron chi connectivity index (χ3n) is 2.51. The monoisotopic (exact) mass is 245 g/mol. The second-order valence-electron chi connectivity index (χ2n) is 5.19. The molecule has 0 spiro atoms. The summed E-state index contributed by atoms with van der Waals surface area (Å²) in [6.45, 7) is 5.33. The lowest BCUT2D eigenvalue weighted by atomic mass is 10.2. The first-order valence-corrected chi connectivity index (χ1v) is 5.55. The van der Waals surface area contributed by atoms with Crippen molar-refractivity contribution in [3.05, 3.63) is 0 Å². The predicted octanol–water partition coefficient (Wildman–Crippen LogP) is -0.152. The van der Waals surface area contributed by atoms with E-state index in [0.29, 0.717) is 0 Å². The maximum Gasteiger partial charge on any atom is 0.326 e. The van der Waals surface area contributed by atoms with Crippen molar-refractivity contribution >= 4 is 11.9 Å². The minimum atomic E-state index is -1.09. The van der Waals surface area contributed by atoms with Crippen LogP contribution < -0.4 is 0 Å². The van der Waals surface area contributed by atoms with Crippen LogP contribution in [-0.4, -0.2) is 57.9 Å². The number of nitrogens with zero attached hydrogens (tertiary/aromatic N) is 1. The van der Waals surface area contributed by atoms with Crippen LogP contribution in [0.1, 0.15) is 27.2 Å². The maximum absolute atomic E-state index is 11.8. The molecule has 1 fully saturated rings. The number of carboxylic acid groups (broad SMARTS) is 1. The molecule has 1 unspecified atom stereocenters. The van der Waals surface area contributed by atoms with Gasteiger partial charge in [0.15, 0.2) is 0 Å². The molecule has 98 valence electrons. The molecular formula is C11H19NO5. The molecule has 2 N–H and O–H groups in total. The number of likely N-dealkylation sites (tertiary alicyclic amines) is 1. The Hall–Kier alpha value is -1.14. The van der Waals surface area contributed by atoms with Gasteiger partial charge in [-0.3, -0.25) is 4.79 Å². The van der Waals surface area contributed by atoms with Gasteiger partial charge in [0.25, 0.3) is 0 Å². The summed E-state index contributed by atoms with van der Waals surface area (Å²) >= 11 is 0. The Morgan fingerprint density at radius 1 is 1.41 bits per heavy atom. The number of carbonyl (C=O) groups excluding carboxylic acids is 1. The van der Waals surface area contributed by atoms with Crippen molar-refractivity contribution in [3.63, 3.8) is 0 Å². The quantitative estimate of drug-likeness (QED) is 0.722. The molecule has 0 radical (unpaired) electrons. The highest BCUT2D eigenvalue weighted by molar-refractivity contribution is 5.85. The zero-order valence-electron chi connectivity index (χ0n) is 10.3. The minimum absolute atomic E-state index is 0.0588. The van der Waals surface area contributed by atoms with Gasteiger partial charge in [0.2, 0.25) is 5.91 Å². The molecule has 17 heavy (non-hydrogen) atoms. The van der Waals surface area contributed by atoms with Gasteiger partial charge in [-0.1, -0.05) is 0 Å². The molecule has 1 amide bonds. The number of amides is 1. The maximum atomic E-state index is 11.8. The number of rotatable bonds is 3. The van der Waals surface area contributed by atoms with E-state index in [4.69, 9.17) is 9.84 Å². The van der Waals surface area contributed by atoms with Gasteiger partial charge in [-0.25, -0.2) is 4.79 Å². The summed E-state index contributed by atoms with van der Waals surface area (Å²) in [5, 5.41) is 18.3. The number of aliphatic hydroxyl groups excluding tert-OH is 1. The van der Waals surface area contributed by atoms with Crippen LogP contribution in [0.4, 0.5) is 0 Å². The first kappa shape index (κ1) is 13.9. The molecule has 0 aromatic rings. The van der Waals surface area contributed by atoms with E-state index >= 15 is 0 Å². The largest absolute Gasteiger partial charge is 0.480 e. The molecule has 2 atom stereocenters. The molecule has 0 aromatic heterocycles. The standard InChI is InChI=1S/C11H19NO5/c1-11(2,3)17-6-9(14)12-5-7(13)4-8(12)10(15)16/h7-8,13H,4-6H2,1-3H3,(H,15,16)/t7?,8-/m0/s1. The number of aliphatic hydroxyl groups is 1. The van der Waals surface area contributed by atoms with Crippen molar-refractivity contribution in [2.45, 2.75) is 44.9 Å². The topological polar surface area (TPSA) is 87.1 Å². The second kappa shape index (κ2) is 5.01. The third-order valence-corrected chi connectivity index (χ3v) is 2.51. The van der Waals surface area contributed by atoms with E-state index < -0.39 is 29.6 Å². The molecule has 1 saturated heterocycles. The number of carbonyl (C=O) groups is 2. The Balaban J connectivity index is 2.59. The predicted molar refractivity (Wildman–Crippen MR) is 59.5 cm³/mol. The molecule has 6 nitrogen and oxygen atoms in total. The molecule has 0 aliphatic carbocycles. The Morgan fingerprint density at radius 3 is 2.47 bits per heavy atom. The van der Waals surface area contributed by atoms with E-state index in [1.165, 1.54) is 4.90 Å². The SMILES string of the molecule is CC(C)(C)OCC(=O)N1CC(O)C[C@H]1C(=O)O. The lowest BCUT2D eigenvalue weighted by Gasteiger charge is -2.24.